The summed E-state index contributed by atoms with van der Waals surface area (Å²) in [5.74, 6) is 0. The first kappa shape index (κ1) is 7.88. The largest absolute Gasteiger partial charge is 0.225 e. The molecule has 1 aromatic rings. The molecule has 0 fully saturated rings. The smallest absolute Gasteiger partial charge is 0.187 e. The van der Waals surface area contributed by atoms with E-state index in [9.17, 15) is 0 Å². The molecule has 0 amide bonds. The second kappa shape index (κ2) is 3.83. The van der Waals surface area contributed by atoms with Crippen molar-refractivity contribution in [1.82, 2.24) is 15.0 Å². The van der Waals surface area contributed by atoms with Gasteiger partial charge in [0.2, 0.25) is 0 Å². The van der Waals surface area contributed by atoms with Crippen LogP contribution in [0, 0.1) is 0 Å². The number of aromatic nitrogens is 3. The molecule has 5 heteroatoms. The summed E-state index contributed by atoms with van der Waals surface area (Å²) in [6, 6.07) is 0. The van der Waals surface area contributed by atoms with E-state index < -0.39 is 0 Å². The molecule has 0 aromatic carbocycles. The van der Waals surface area contributed by atoms with Crippen LogP contribution >= 0.6 is 12.6 Å². The minimum atomic E-state index is 0. The van der Waals surface area contributed by atoms with E-state index in [-0.39, 0.29) is 17.1 Å². The van der Waals surface area contributed by atoms with Gasteiger partial charge >= 0.3 is 0 Å². The molecular weight excluding hydrogens is 174 g/mol. The van der Waals surface area contributed by atoms with Crippen molar-refractivity contribution in [3.05, 3.63) is 12.7 Å². The van der Waals surface area contributed by atoms with E-state index in [4.69, 9.17) is 0 Å². The zero-order valence-corrected chi connectivity index (χ0v) is 5.58. The van der Waals surface area contributed by atoms with Crippen LogP contribution in [0.1, 0.15) is 0 Å². The van der Waals surface area contributed by atoms with Crippen LogP contribution < -0.4 is 0 Å². The zero-order valence-electron chi connectivity index (χ0n) is 3.75. The Bertz CT molecular complexity index is 144. The van der Waals surface area contributed by atoms with Crippen LogP contribution in [0.15, 0.2) is 17.8 Å². The summed E-state index contributed by atoms with van der Waals surface area (Å²) in [4.78, 5) is 10.8. The molecule has 1 rings (SSSR count). The number of nitrogens with zero attached hydrogens (tertiary/aromatic N) is 3. The maximum atomic E-state index is 3.82. The average molecular weight is 177 g/mol. The van der Waals surface area contributed by atoms with Gasteiger partial charge in [0, 0.05) is 17.1 Å². The quantitative estimate of drug-likeness (QED) is 0.452. The maximum absolute atomic E-state index is 3.82. The molecule has 0 N–H and O–H groups in total. The number of rotatable bonds is 0. The molecule has 0 atom stereocenters. The third-order valence-corrected chi connectivity index (χ3v) is 0.711. The molecule has 0 saturated carbocycles. The van der Waals surface area contributed by atoms with Crippen molar-refractivity contribution >= 4 is 12.6 Å². The molecule has 47 valence electrons. The van der Waals surface area contributed by atoms with E-state index in [2.05, 4.69) is 27.6 Å². The molecular formula is C3H3CuN3S. The van der Waals surface area contributed by atoms with Crippen molar-refractivity contribution in [3.63, 3.8) is 0 Å². The molecule has 0 aliphatic heterocycles. The van der Waals surface area contributed by atoms with Crippen molar-refractivity contribution in [3.8, 4) is 0 Å². The first-order valence-corrected chi connectivity index (χ1v) is 2.15. The van der Waals surface area contributed by atoms with Crippen molar-refractivity contribution in [2.75, 3.05) is 0 Å². The first-order chi connectivity index (χ1) is 3.39. The average Bonchev–Trinajstić information content (AvgIpc) is 1.69. The van der Waals surface area contributed by atoms with Crippen molar-refractivity contribution in [1.29, 1.82) is 0 Å². The van der Waals surface area contributed by atoms with E-state index in [1.165, 1.54) is 12.7 Å². The van der Waals surface area contributed by atoms with E-state index in [1.807, 2.05) is 0 Å². The van der Waals surface area contributed by atoms with Gasteiger partial charge < -0.3 is 0 Å². The van der Waals surface area contributed by atoms with Crippen LogP contribution in [0.2, 0.25) is 0 Å². The Morgan fingerprint density at radius 2 is 1.75 bits per heavy atom. The molecule has 0 bridgehead atoms. The second-order valence-corrected chi connectivity index (χ2v) is 1.34. The third-order valence-electron chi connectivity index (χ3n) is 0.480. The summed E-state index contributed by atoms with van der Waals surface area (Å²) < 4.78 is 0. The van der Waals surface area contributed by atoms with Crippen LogP contribution in [-0.2, 0) is 17.1 Å². The SMILES string of the molecule is Sc1ncncn1.[Cu]. The van der Waals surface area contributed by atoms with Crippen molar-refractivity contribution in [2.24, 2.45) is 0 Å². The summed E-state index contributed by atoms with van der Waals surface area (Å²) in [6.07, 6.45) is 2.80. The Hall–Kier alpha value is -0.121. The first-order valence-electron chi connectivity index (χ1n) is 1.70. The molecule has 1 aromatic heterocycles. The molecule has 1 radical (unpaired) electrons. The summed E-state index contributed by atoms with van der Waals surface area (Å²) >= 11 is 3.82. The fraction of sp³-hybridized carbons (Fsp3) is 0. The van der Waals surface area contributed by atoms with Gasteiger partial charge in [-0.15, -0.1) is 12.6 Å². The van der Waals surface area contributed by atoms with Gasteiger partial charge in [-0.05, 0) is 0 Å². The fourth-order valence-corrected chi connectivity index (χ4v) is 0.336. The van der Waals surface area contributed by atoms with Crippen LogP contribution in [0.3, 0.4) is 0 Å². The van der Waals surface area contributed by atoms with Gasteiger partial charge in [0.1, 0.15) is 12.7 Å². The third kappa shape index (κ3) is 2.25. The van der Waals surface area contributed by atoms with Crippen LogP contribution in [0.25, 0.3) is 0 Å². The maximum Gasteiger partial charge on any atom is 0.187 e. The topological polar surface area (TPSA) is 38.7 Å². The minimum Gasteiger partial charge on any atom is -0.225 e. The summed E-state index contributed by atoms with van der Waals surface area (Å²) in [7, 11) is 0. The van der Waals surface area contributed by atoms with Gasteiger partial charge in [0.15, 0.2) is 5.16 Å². The number of hydrogen-bond donors (Lipinski definition) is 1. The zero-order chi connectivity index (χ0) is 5.11. The van der Waals surface area contributed by atoms with Crippen LogP contribution in [0.4, 0.5) is 0 Å². The molecule has 0 aliphatic carbocycles. The Morgan fingerprint density at radius 3 is 2.00 bits per heavy atom. The van der Waals surface area contributed by atoms with Gasteiger partial charge in [-0.25, -0.2) is 15.0 Å². The Morgan fingerprint density at radius 1 is 1.25 bits per heavy atom. The van der Waals surface area contributed by atoms with Crippen molar-refractivity contribution in [2.45, 2.75) is 5.16 Å². The van der Waals surface area contributed by atoms with E-state index in [1.54, 1.807) is 0 Å². The predicted molar refractivity (Wildman–Crippen MR) is 27.1 cm³/mol. The van der Waals surface area contributed by atoms with E-state index >= 15 is 0 Å². The Kier molecular flexibility index (Phi) is 3.77. The molecule has 1 heterocycles. The van der Waals surface area contributed by atoms with Gasteiger partial charge in [0.25, 0.3) is 0 Å². The number of thiol groups is 1. The molecule has 0 saturated heterocycles. The monoisotopic (exact) mass is 176 g/mol. The summed E-state index contributed by atoms with van der Waals surface area (Å²) in [5.41, 5.74) is 0. The minimum absolute atomic E-state index is 0. The van der Waals surface area contributed by atoms with Gasteiger partial charge in [-0.1, -0.05) is 0 Å². The summed E-state index contributed by atoms with van der Waals surface area (Å²) in [6.45, 7) is 0. The van der Waals surface area contributed by atoms with Gasteiger partial charge in [-0.3, -0.25) is 0 Å². The second-order valence-electron chi connectivity index (χ2n) is 0.938. The van der Waals surface area contributed by atoms with Crippen LogP contribution in [-0.4, -0.2) is 15.0 Å². The molecule has 0 aliphatic rings. The van der Waals surface area contributed by atoms with Crippen LogP contribution in [0.5, 0.6) is 0 Å². The molecule has 0 spiro atoms. The van der Waals surface area contributed by atoms with Crippen molar-refractivity contribution < 1.29 is 17.1 Å². The molecule has 3 nitrogen and oxygen atoms in total. The number of hydrogen-bond acceptors (Lipinski definition) is 4. The van der Waals surface area contributed by atoms with E-state index in [0.717, 1.165) is 0 Å². The normalized spacial score (nSPS) is 7.62. The summed E-state index contributed by atoms with van der Waals surface area (Å²) in [5, 5.41) is 0.454. The molecule has 0 unspecified atom stereocenters. The Balaban J connectivity index is 0.000000490. The molecule has 8 heavy (non-hydrogen) atoms. The Labute approximate surface area is 62.8 Å². The predicted octanol–water partition coefficient (Wildman–Crippen LogP) is 0.158. The van der Waals surface area contributed by atoms with E-state index in [0.29, 0.717) is 5.16 Å². The van der Waals surface area contributed by atoms with Gasteiger partial charge in [0.05, 0.1) is 0 Å². The standard InChI is InChI=1S/C3H3N3S.Cu/c7-3-5-1-4-2-6-3;/h1-2H,(H,4,5,6,7);. The van der Waals surface area contributed by atoms with Gasteiger partial charge in [-0.2, -0.15) is 0 Å². The fourth-order valence-electron chi connectivity index (χ4n) is 0.233.